The van der Waals surface area contributed by atoms with Crippen LogP contribution in [0.25, 0.3) is 11.1 Å². The van der Waals surface area contributed by atoms with Crippen LogP contribution < -0.4 is 9.47 Å². The van der Waals surface area contributed by atoms with Crippen LogP contribution in [0.15, 0.2) is 72.8 Å². The van der Waals surface area contributed by atoms with Crippen LogP contribution in [-0.4, -0.2) is 12.1 Å². The van der Waals surface area contributed by atoms with Gasteiger partial charge < -0.3 is 9.47 Å². The van der Waals surface area contributed by atoms with Gasteiger partial charge in [0.2, 0.25) is 0 Å². The van der Waals surface area contributed by atoms with Gasteiger partial charge in [-0.15, -0.1) is 0 Å². The minimum atomic E-state index is -0.337. The molecule has 3 nitrogen and oxygen atoms in total. The Morgan fingerprint density at radius 2 is 1.19 bits per heavy atom. The highest BCUT2D eigenvalue weighted by Crippen LogP contribution is 2.25. The van der Waals surface area contributed by atoms with Crippen LogP contribution in [0.3, 0.4) is 0 Å². The Bertz CT molecular complexity index is 1040. The molecule has 1 unspecified atom stereocenters. The SMILES string of the molecule is CCCCCCCc1ccc(OC(=O)c2ccc(-c3ccc(OC(C)CCCCCC)cc3)cc2)cc1. The molecule has 37 heavy (non-hydrogen) atoms. The molecule has 0 fully saturated rings. The van der Waals surface area contributed by atoms with Gasteiger partial charge in [-0.3, -0.25) is 0 Å². The first kappa shape index (κ1) is 28.5. The summed E-state index contributed by atoms with van der Waals surface area (Å²) in [6.07, 6.45) is 13.8. The third-order valence-electron chi connectivity index (χ3n) is 6.81. The van der Waals surface area contributed by atoms with Crippen molar-refractivity contribution in [2.24, 2.45) is 0 Å². The van der Waals surface area contributed by atoms with Crippen molar-refractivity contribution in [1.82, 2.24) is 0 Å². The van der Waals surface area contributed by atoms with E-state index >= 15 is 0 Å². The third kappa shape index (κ3) is 10.1. The summed E-state index contributed by atoms with van der Waals surface area (Å²) in [6, 6.07) is 23.7. The number of esters is 1. The Labute approximate surface area is 224 Å². The monoisotopic (exact) mass is 500 g/mol. The first-order valence-corrected chi connectivity index (χ1v) is 14.3. The lowest BCUT2D eigenvalue weighted by Gasteiger charge is -2.15. The molecule has 0 saturated heterocycles. The Morgan fingerprint density at radius 3 is 1.81 bits per heavy atom. The second-order valence-electron chi connectivity index (χ2n) is 10.1. The molecule has 198 valence electrons. The van der Waals surface area contributed by atoms with Gasteiger partial charge in [-0.05, 0) is 85.7 Å². The van der Waals surface area contributed by atoms with E-state index in [0.717, 1.165) is 29.7 Å². The average Bonchev–Trinajstić information content (AvgIpc) is 2.92. The largest absolute Gasteiger partial charge is 0.491 e. The maximum absolute atomic E-state index is 12.6. The molecule has 3 aromatic rings. The fraction of sp³-hybridized carbons (Fsp3) is 0.441. The molecule has 0 N–H and O–H groups in total. The first-order chi connectivity index (χ1) is 18.1. The summed E-state index contributed by atoms with van der Waals surface area (Å²) in [5.74, 6) is 1.14. The van der Waals surface area contributed by atoms with Gasteiger partial charge in [0.15, 0.2) is 0 Å². The Morgan fingerprint density at radius 1 is 0.649 bits per heavy atom. The van der Waals surface area contributed by atoms with Crippen LogP contribution >= 0.6 is 0 Å². The lowest BCUT2D eigenvalue weighted by Crippen LogP contribution is -2.11. The molecule has 0 amide bonds. The fourth-order valence-corrected chi connectivity index (χ4v) is 4.50. The van der Waals surface area contributed by atoms with Crippen molar-refractivity contribution in [2.45, 2.75) is 97.5 Å². The summed E-state index contributed by atoms with van der Waals surface area (Å²) in [4.78, 5) is 12.6. The summed E-state index contributed by atoms with van der Waals surface area (Å²) >= 11 is 0. The zero-order valence-corrected chi connectivity index (χ0v) is 23.0. The van der Waals surface area contributed by atoms with Crippen LogP contribution in [0.4, 0.5) is 0 Å². The third-order valence-corrected chi connectivity index (χ3v) is 6.81. The van der Waals surface area contributed by atoms with E-state index in [2.05, 4.69) is 45.0 Å². The quantitative estimate of drug-likeness (QED) is 0.111. The van der Waals surface area contributed by atoms with Gasteiger partial charge in [0.05, 0.1) is 11.7 Å². The van der Waals surface area contributed by atoms with Gasteiger partial charge in [-0.2, -0.15) is 0 Å². The number of ether oxygens (including phenoxy) is 2. The molecule has 0 spiro atoms. The topological polar surface area (TPSA) is 35.5 Å². The van der Waals surface area contributed by atoms with E-state index in [4.69, 9.17) is 9.47 Å². The molecule has 1 atom stereocenters. The standard InChI is InChI=1S/C34H44O3/c1-4-6-8-10-12-14-28-15-23-33(24-16-28)37-34(35)31-19-17-29(18-20-31)30-21-25-32(26-22-30)36-27(3)13-11-9-7-5-2/h15-27H,4-14H2,1-3H3. The zero-order valence-electron chi connectivity index (χ0n) is 23.0. The van der Waals surface area contributed by atoms with Crippen LogP contribution in [0.5, 0.6) is 11.5 Å². The number of hydrogen-bond acceptors (Lipinski definition) is 3. The molecular weight excluding hydrogens is 456 g/mol. The number of carbonyl (C=O) groups excluding carboxylic acids is 1. The highest BCUT2D eigenvalue weighted by Gasteiger charge is 2.10. The molecule has 0 radical (unpaired) electrons. The normalized spacial score (nSPS) is 11.8. The van der Waals surface area contributed by atoms with Crippen molar-refractivity contribution < 1.29 is 14.3 Å². The van der Waals surface area contributed by atoms with Crippen molar-refractivity contribution in [3.05, 3.63) is 83.9 Å². The van der Waals surface area contributed by atoms with Crippen LogP contribution in [0.1, 0.15) is 101 Å². The van der Waals surface area contributed by atoms with Crippen LogP contribution in [-0.2, 0) is 6.42 Å². The van der Waals surface area contributed by atoms with E-state index in [-0.39, 0.29) is 12.1 Å². The van der Waals surface area contributed by atoms with Crippen molar-refractivity contribution in [2.75, 3.05) is 0 Å². The summed E-state index contributed by atoms with van der Waals surface area (Å²) in [7, 11) is 0. The van der Waals surface area contributed by atoms with Gasteiger partial charge in [0, 0.05) is 0 Å². The fourth-order valence-electron chi connectivity index (χ4n) is 4.50. The van der Waals surface area contributed by atoms with Gasteiger partial charge in [0.1, 0.15) is 11.5 Å². The minimum absolute atomic E-state index is 0.222. The maximum Gasteiger partial charge on any atom is 0.343 e. The van der Waals surface area contributed by atoms with Crippen molar-refractivity contribution in [1.29, 1.82) is 0 Å². The Balaban J connectivity index is 1.47. The molecule has 0 aromatic heterocycles. The lowest BCUT2D eigenvalue weighted by molar-refractivity contribution is 0.0734. The molecule has 3 heteroatoms. The van der Waals surface area contributed by atoms with E-state index in [0.29, 0.717) is 11.3 Å². The predicted molar refractivity (Wildman–Crippen MR) is 155 cm³/mol. The van der Waals surface area contributed by atoms with E-state index in [1.165, 1.54) is 63.4 Å². The minimum Gasteiger partial charge on any atom is -0.491 e. The van der Waals surface area contributed by atoms with Crippen molar-refractivity contribution in [3.8, 4) is 22.6 Å². The van der Waals surface area contributed by atoms with Gasteiger partial charge in [-0.25, -0.2) is 4.79 Å². The smallest absolute Gasteiger partial charge is 0.343 e. The van der Waals surface area contributed by atoms with Crippen molar-refractivity contribution in [3.63, 3.8) is 0 Å². The Hall–Kier alpha value is -3.07. The summed E-state index contributed by atoms with van der Waals surface area (Å²) < 4.78 is 11.7. The molecular formula is C34H44O3. The van der Waals surface area contributed by atoms with E-state index in [1.54, 1.807) is 0 Å². The second-order valence-corrected chi connectivity index (χ2v) is 10.1. The number of rotatable bonds is 16. The number of hydrogen-bond donors (Lipinski definition) is 0. The number of aryl methyl sites for hydroxylation is 1. The Kier molecular flexibility index (Phi) is 12.3. The number of benzene rings is 3. The lowest BCUT2D eigenvalue weighted by atomic mass is 10.0. The van der Waals surface area contributed by atoms with Gasteiger partial charge in [-0.1, -0.05) is 95.2 Å². The summed E-state index contributed by atoms with van der Waals surface area (Å²) in [5, 5.41) is 0. The molecule has 0 aliphatic rings. The highest BCUT2D eigenvalue weighted by molar-refractivity contribution is 5.91. The molecule has 3 rings (SSSR count). The molecule has 3 aromatic carbocycles. The number of unbranched alkanes of at least 4 members (excludes halogenated alkanes) is 7. The van der Waals surface area contributed by atoms with Gasteiger partial charge >= 0.3 is 5.97 Å². The zero-order chi connectivity index (χ0) is 26.3. The van der Waals surface area contributed by atoms with Crippen molar-refractivity contribution >= 4 is 5.97 Å². The van der Waals surface area contributed by atoms with E-state index < -0.39 is 0 Å². The highest BCUT2D eigenvalue weighted by atomic mass is 16.5. The van der Waals surface area contributed by atoms with E-state index in [1.807, 2.05) is 48.5 Å². The molecule has 0 aliphatic carbocycles. The average molecular weight is 501 g/mol. The summed E-state index contributed by atoms with van der Waals surface area (Å²) in [5.41, 5.74) is 3.98. The maximum atomic E-state index is 12.6. The molecule has 0 aliphatic heterocycles. The molecule has 0 heterocycles. The molecule has 0 saturated carbocycles. The van der Waals surface area contributed by atoms with Gasteiger partial charge in [0.25, 0.3) is 0 Å². The van der Waals surface area contributed by atoms with Crippen LogP contribution in [0, 0.1) is 0 Å². The second kappa shape index (κ2) is 15.9. The van der Waals surface area contributed by atoms with Crippen LogP contribution in [0.2, 0.25) is 0 Å². The first-order valence-electron chi connectivity index (χ1n) is 14.3. The predicted octanol–water partition coefficient (Wildman–Crippen LogP) is 9.82. The van der Waals surface area contributed by atoms with E-state index in [9.17, 15) is 4.79 Å². The summed E-state index contributed by atoms with van der Waals surface area (Å²) in [6.45, 7) is 6.61. The molecule has 0 bridgehead atoms. The number of carbonyl (C=O) groups is 1.